The first kappa shape index (κ1) is 9.51. The Hall–Kier alpha value is -1.58. The van der Waals surface area contributed by atoms with E-state index in [-0.39, 0.29) is 5.97 Å². The first-order valence-corrected chi connectivity index (χ1v) is 4.09. The molecule has 4 nitrogen and oxygen atoms in total. The van der Waals surface area contributed by atoms with Crippen molar-refractivity contribution in [3.63, 3.8) is 0 Å². The highest BCUT2D eigenvalue weighted by molar-refractivity contribution is 5.87. The number of hydrogen-bond acceptors (Lipinski definition) is 3. The number of ether oxygens (including phenoxy) is 1. The standard InChI is InChI=1S/C9H12N2O2/c1-3-13-9(12)7-8(2)11-6-4-5-10-11/h4-7H,3H2,1-2H3/b8-7-. The number of rotatable bonds is 3. The zero-order valence-electron chi connectivity index (χ0n) is 7.73. The van der Waals surface area contributed by atoms with Gasteiger partial charge in [0.15, 0.2) is 0 Å². The number of carbonyl (C=O) groups excluding carboxylic acids is 1. The van der Waals surface area contributed by atoms with Crippen LogP contribution in [0.15, 0.2) is 24.5 Å². The molecule has 0 unspecified atom stereocenters. The van der Waals surface area contributed by atoms with E-state index in [0.717, 1.165) is 5.70 Å². The summed E-state index contributed by atoms with van der Waals surface area (Å²) >= 11 is 0. The van der Waals surface area contributed by atoms with Crippen molar-refractivity contribution < 1.29 is 9.53 Å². The molecule has 0 radical (unpaired) electrons. The smallest absolute Gasteiger partial charge is 0.332 e. The molecule has 0 N–H and O–H groups in total. The second kappa shape index (κ2) is 4.45. The summed E-state index contributed by atoms with van der Waals surface area (Å²) in [5, 5.41) is 3.97. The van der Waals surface area contributed by atoms with Crippen LogP contribution in [0.3, 0.4) is 0 Å². The van der Waals surface area contributed by atoms with Crippen LogP contribution >= 0.6 is 0 Å². The second-order valence-electron chi connectivity index (χ2n) is 2.49. The molecule has 0 saturated heterocycles. The minimum atomic E-state index is -0.337. The van der Waals surface area contributed by atoms with Gasteiger partial charge in [-0.15, -0.1) is 0 Å². The molecular formula is C9H12N2O2. The van der Waals surface area contributed by atoms with Crippen molar-refractivity contribution in [2.45, 2.75) is 13.8 Å². The molecule has 0 aliphatic heterocycles. The number of hydrogen-bond donors (Lipinski definition) is 0. The van der Waals surface area contributed by atoms with Gasteiger partial charge in [0.05, 0.1) is 6.61 Å². The molecule has 70 valence electrons. The molecule has 0 aromatic carbocycles. The number of aromatic nitrogens is 2. The molecule has 0 aliphatic rings. The summed E-state index contributed by atoms with van der Waals surface area (Å²) < 4.78 is 6.36. The van der Waals surface area contributed by atoms with E-state index in [4.69, 9.17) is 4.74 Å². The molecular weight excluding hydrogens is 168 g/mol. The van der Waals surface area contributed by atoms with E-state index in [9.17, 15) is 4.79 Å². The molecule has 1 heterocycles. The van der Waals surface area contributed by atoms with Crippen LogP contribution < -0.4 is 0 Å². The Bertz CT molecular complexity index is 301. The van der Waals surface area contributed by atoms with Crippen molar-refractivity contribution in [3.05, 3.63) is 24.5 Å². The van der Waals surface area contributed by atoms with Gasteiger partial charge in [0, 0.05) is 24.2 Å². The zero-order chi connectivity index (χ0) is 9.68. The topological polar surface area (TPSA) is 44.1 Å². The molecule has 4 heteroatoms. The number of allylic oxidation sites excluding steroid dienone is 1. The predicted molar refractivity (Wildman–Crippen MR) is 48.8 cm³/mol. The molecule has 0 spiro atoms. The van der Waals surface area contributed by atoms with Crippen LogP contribution in [0.5, 0.6) is 0 Å². The van der Waals surface area contributed by atoms with E-state index in [2.05, 4.69) is 5.10 Å². The molecule has 0 fully saturated rings. The van der Waals surface area contributed by atoms with E-state index in [1.165, 1.54) is 6.08 Å². The summed E-state index contributed by atoms with van der Waals surface area (Å²) in [4.78, 5) is 11.0. The monoisotopic (exact) mass is 180 g/mol. The quantitative estimate of drug-likeness (QED) is 0.520. The Balaban J connectivity index is 2.67. The second-order valence-corrected chi connectivity index (χ2v) is 2.49. The summed E-state index contributed by atoms with van der Waals surface area (Å²) in [7, 11) is 0. The van der Waals surface area contributed by atoms with Crippen LogP contribution in [-0.2, 0) is 9.53 Å². The van der Waals surface area contributed by atoms with E-state index in [0.29, 0.717) is 6.61 Å². The first-order chi connectivity index (χ1) is 6.24. The van der Waals surface area contributed by atoms with Gasteiger partial charge >= 0.3 is 5.97 Å². The first-order valence-electron chi connectivity index (χ1n) is 4.09. The van der Waals surface area contributed by atoms with Gasteiger partial charge in [-0.25, -0.2) is 9.48 Å². The third-order valence-electron chi connectivity index (χ3n) is 1.48. The van der Waals surface area contributed by atoms with Gasteiger partial charge in [0.25, 0.3) is 0 Å². The number of carbonyl (C=O) groups is 1. The molecule has 0 aliphatic carbocycles. The minimum Gasteiger partial charge on any atom is -0.463 e. The summed E-state index contributed by atoms with van der Waals surface area (Å²) in [5.41, 5.74) is 0.739. The predicted octanol–water partition coefficient (Wildman–Crippen LogP) is 1.31. The maximum absolute atomic E-state index is 11.0. The molecule has 0 amide bonds. The molecule has 0 atom stereocenters. The summed E-state index contributed by atoms with van der Waals surface area (Å²) in [6, 6.07) is 1.79. The fourth-order valence-electron chi connectivity index (χ4n) is 0.898. The molecule has 1 aromatic heterocycles. The molecule has 0 saturated carbocycles. The van der Waals surface area contributed by atoms with Gasteiger partial charge in [-0.05, 0) is 19.9 Å². The normalized spacial score (nSPS) is 11.4. The van der Waals surface area contributed by atoms with Crippen molar-refractivity contribution in [3.8, 4) is 0 Å². The fraction of sp³-hybridized carbons (Fsp3) is 0.333. The van der Waals surface area contributed by atoms with Crippen LogP contribution in [0.4, 0.5) is 0 Å². The van der Waals surface area contributed by atoms with Gasteiger partial charge in [-0.3, -0.25) is 0 Å². The van der Waals surface area contributed by atoms with Gasteiger partial charge in [-0.2, -0.15) is 5.10 Å². The van der Waals surface area contributed by atoms with Gasteiger partial charge in [-0.1, -0.05) is 0 Å². The van der Waals surface area contributed by atoms with Gasteiger partial charge in [0.2, 0.25) is 0 Å². The average Bonchev–Trinajstić information content (AvgIpc) is 2.55. The van der Waals surface area contributed by atoms with E-state index in [1.54, 1.807) is 37.0 Å². The molecule has 1 rings (SSSR count). The third-order valence-corrected chi connectivity index (χ3v) is 1.48. The van der Waals surface area contributed by atoms with Crippen LogP contribution in [0.2, 0.25) is 0 Å². The number of nitrogens with zero attached hydrogens (tertiary/aromatic N) is 2. The fourth-order valence-corrected chi connectivity index (χ4v) is 0.898. The Morgan fingerprint density at radius 1 is 1.69 bits per heavy atom. The van der Waals surface area contributed by atoms with Crippen molar-refractivity contribution in [2.75, 3.05) is 6.61 Å². The Labute approximate surface area is 76.8 Å². The van der Waals surface area contributed by atoms with Crippen molar-refractivity contribution in [1.29, 1.82) is 0 Å². The van der Waals surface area contributed by atoms with Crippen LogP contribution in [0, 0.1) is 0 Å². The summed E-state index contributed by atoms with van der Waals surface area (Å²) in [5.74, 6) is -0.337. The SMILES string of the molecule is CCOC(=O)/C=C(/C)n1cccn1. The lowest BCUT2D eigenvalue weighted by atomic mass is 10.4. The van der Waals surface area contributed by atoms with Crippen LogP contribution in [-0.4, -0.2) is 22.4 Å². The van der Waals surface area contributed by atoms with Crippen molar-refractivity contribution in [2.24, 2.45) is 0 Å². The average molecular weight is 180 g/mol. The lowest BCUT2D eigenvalue weighted by Gasteiger charge is -2.00. The van der Waals surface area contributed by atoms with Gasteiger partial charge < -0.3 is 4.74 Å². The van der Waals surface area contributed by atoms with Gasteiger partial charge in [0.1, 0.15) is 0 Å². The van der Waals surface area contributed by atoms with E-state index in [1.807, 2.05) is 0 Å². The lowest BCUT2D eigenvalue weighted by molar-refractivity contribution is -0.137. The molecule has 13 heavy (non-hydrogen) atoms. The Kier molecular flexibility index (Phi) is 3.25. The summed E-state index contributed by atoms with van der Waals surface area (Å²) in [6.07, 6.45) is 4.84. The molecule has 1 aromatic rings. The third kappa shape index (κ3) is 2.74. The zero-order valence-corrected chi connectivity index (χ0v) is 7.73. The highest BCUT2D eigenvalue weighted by Crippen LogP contribution is 2.00. The Morgan fingerprint density at radius 3 is 3.00 bits per heavy atom. The van der Waals surface area contributed by atoms with Crippen LogP contribution in [0.25, 0.3) is 5.70 Å². The summed E-state index contributed by atoms with van der Waals surface area (Å²) in [6.45, 7) is 3.96. The Morgan fingerprint density at radius 2 is 2.46 bits per heavy atom. The van der Waals surface area contributed by atoms with E-state index < -0.39 is 0 Å². The van der Waals surface area contributed by atoms with Crippen molar-refractivity contribution >= 4 is 11.7 Å². The molecule has 0 bridgehead atoms. The maximum Gasteiger partial charge on any atom is 0.332 e. The van der Waals surface area contributed by atoms with E-state index >= 15 is 0 Å². The highest BCUT2D eigenvalue weighted by atomic mass is 16.5. The number of esters is 1. The minimum absolute atomic E-state index is 0.337. The largest absolute Gasteiger partial charge is 0.463 e. The maximum atomic E-state index is 11.0. The van der Waals surface area contributed by atoms with Crippen molar-refractivity contribution in [1.82, 2.24) is 9.78 Å². The highest BCUT2D eigenvalue weighted by Gasteiger charge is 1.99. The van der Waals surface area contributed by atoms with Crippen LogP contribution in [0.1, 0.15) is 13.8 Å². The lowest BCUT2D eigenvalue weighted by Crippen LogP contribution is -2.03.